The molecule has 0 heterocycles. The van der Waals surface area contributed by atoms with Gasteiger partial charge >= 0.3 is 0 Å². The second-order valence-electron chi connectivity index (χ2n) is 7.31. The highest BCUT2D eigenvalue weighted by atomic mass is 16.3. The summed E-state index contributed by atoms with van der Waals surface area (Å²) in [5, 5.41) is 10.0. The molecule has 1 heteroatoms. The van der Waals surface area contributed by atoms with Crippen LogP contribution in [-0.4, -0.2) is 11.2 Å². The summed E-state index contributed by atoms with van der Waals surface area (Å²) in [6.07, 6.45) is 13.7. The minimum atomic E-state index is -0.463. The number of aliphatic hydroxyl groups excluding tert-OH is 1. The molecular weight excluding hydrogens is 268 g/mol. The van der Waals surface area contributed by atoms with Crippen LogP contribution in [0.3, 0.4) is 0 Å². The molecule has 0 amide bonds. The molecule has 124 valence electrons. The molecule has 0 saturated carbocycles. The molecule has 22 heavy (non-hydrogen) atoms. The normalized spacial score (nSPS) is 21.6. The Balaban J connectivity index is 2.72. The van der Waals surface area contributed by atoms with Gasteiger partial charge in [-0.25, -0.2) is 0 Å². The first-order valence-electron chi connectivity index (χ1n) is 8.66. The molecule has 0 aromatic carbocycles. The van der Waals surface area contributed by atoms with E-state index in [-0.39, 0.29) is 0 Å². The second-order valence-corrected chi connectivity index (χ2v) is 7.31. The van der Waals surface area contributed by atoms with E-state index in [4.69, 9.17) is 0 Å². The van der Waals surface area contributed by atoms with Gasteiger partial charge in [-0.2, -0.15) is 0 Å². The summed E-state index contributed by atoms with van der Waals surface area (Å²) >= 11 is 0. The van der Waals surface area contributed by atoms with Crippen LogP contribution in [0, 0.1) is 5.41 Å². The number of hydrogen-bond acceptors (Lipinski definition) is 1. The van der Waals surface area contributed by atoms with Gasteiger partial charge in [-0.15, -0.1) is 0 Å². The van der Waals surface area contributed by atoms with Gasteiger partial charge < -0.3 is 5.11 Å². The van der Waals surface area contributed by atoms with Crippen LogP contribution in [0.4, 0.5) is 0 Å². The molecule has 1 aliphatic rings. The Bertz CT molecular complexity index is 486. The van der Waals surface area contributed by atoms with Gasteiger partial charge in [0.1, 0.15) is 0 Å². The van der Waals surface area contributed by atoms with E-state index < -0.39 is 6.10 Å². The largest absolute Gasteiger partial charge is 0.385 e. The highest BCUT2D eigenvalue weighted by Gasteiger charge is 2.27. The van der Waals surface area contributed by atoms with Crippen LogP contribution >= 0.6 is 0 Å². The third kappa shape index (κ3) is 5.61. The topological polar surface area (TPSA) is 20.2 Å². The summed E-state index contributed by atoms with van der Waals surface area (Å²) in [5.74, 6) is 0. The van der Waals surface area contributed by atoms with Crippen LogP contribution in [0.1, 0.15) is 73.6 Å². The van der Waals surface area contributed by atoms with Gasteiger partial charge in [0.05, 0.1) is 6.10 Å². The summed E-state index contributed by atoms with van der Waals surface area (Å²) < 4.78 is 0. The average molecular weight is 303 g/mol. The summed E-state index contributed by atoms with van der Waals surface area (Å²) in [6.45, 7) is 13.2. The number of rotatable bonds is 6. The maximum atomic E-state index is 10.0. The Hall–Kier alpha value is -1.08. The zero-order valence-corrected chi connectivity index (χ0v) is 15.4. The first-order valence-corrected chi connectivity index (χ1v) is 8.66. The fraction of sp³-hybridized carbons (Fsp3) is 0.619. The van der Waals surface area contributed by atoms with E-state index in [1.165, 1.54) is 24.8 Å². The van der Waals surface area contributed by atoms with Gasteiger partial charge in [0.25, 0.3) is 0 Å². The minimum Gasteiger partial charge on any atom is -0.385 e. The van der Waals surface area contributed by atoms with Gasteiger partial charge in [-0.05, 0) is 63.9 Å². The maximum Gasteiger partial charge on any atom is 0.0932 e. The number of allylic oxidation sites excluding steroid dienone is 6. The van der Waals surface area contributed by atoms with Crippen molar-refractivity contribution in [3.05, 3.63) is 46.6 Å². The lowest BCUT2D eigenvalue weighted by Gasteiger charge is -2.34. The van der Waals surface area contributed by atoms with Crippen molar-refractivity contribution in [1.29, 1.82) is 0 Å². The molecule has 0 radical (unpaired) electrons. The Morgan fingerprint density at radius 1 is 1.27 bits per heavy atom. The molecule has 1 N–H and O–H groups in total. The fourth-order valence-corrected chi connectivity index (χ4v) is 3.29. The number of aliphatic hydroxyl groups is 1. The van der Waals surface area contributed by atoms with E-state index in [1.807, 2.05) is 19.1 Å². The highest BCUT2D eigenvalue weighted by Crippen LogP contribution is 2.41. The Labute approximate surface area is 137 Å². The quantitative estimate of drug-likeness (QED) is 0.462. The van der Waals surface area contributed by atoms with Gasteiger partial charge in [0, 0.05) is 0 Å². The summed E-state index contributed by atoms with van der Waals surface area (Å²) in [4.78, 5) is 0. The van der Waals surface area contributed by atoms with Crippen LogP contribution in [0.2, 0.25) is 0 Å². The van der Waals surface area contributed by atoms with Crippen LogP contribution in [-0.2, 0) is 0 Å². The van der Waals surface area contributed by atoms with E-state index in [2.05, 4.69) is 46.8 Å². The predicted octanol–water partition coefficient (Wildman–Crippen LogP) is 6.12. The van der Waals surface area contributed by atoms with Gasteiger partial charge in [-0.3, -0.25) is 0 Å². The third-order valence-corrected chi connectivity index (χ3v) is 4.85. The Morgan fingerprint density at radius 3 is 2.55 bits per heavy atom. The SMILES string of the molecule is CC/C=C(\C)C(O)/C=C/C(C)=C/CC1=C(C)CCCC1(C)C. The molecule has 0 fully saturated rings. The molecule has 1 rings (SSSR count). The number of hydrogen-bond donors (Lipinski definition) is 1. The molecule has 0 aromatic rings. The third-order valence-electron chi connectivity index (χ3n) is 4.85. The average Bonchev–Trinajstić information content (AvgIpc) is 2.43. The van der Waals surface area contributed by atoms with Crippen LogP contribution < -0.4 is 0 Å². The first-order chi connectivity index (χ1) is 10.3. The van der Waals surface area contributed by atoms with Crippen LogP contribution in [0.15, 0.2) is 46.6 Å². The van der Waals surface area contributed by atoms with Crippen molar-refractivity contribution in [2.45, 2.75) is 79.8 Å². The fourth-order valence-electron chi connectivity index (χ4n) is 3.29. The van der Waals surface area contributed by atoms with Crippen molar-refractivity contribution in [3.63, 3.8) is 0 Å². The lowest BCUT2D eigenvalue weighted by Crippen LogP contribution is -2.20. The second kappa shape index (κ2) is 8.53. The van der Waals surface area contributed by atoms with Gasteiger partial charge in [-0.1, -0.05) is 61.8 Å². The summed E-state index contributed by atoms with van der Waals surface area (Å²) in [5.41, 5.74) is 5.77. The van der Waals surface area contributed by atoms with Crippen LogP contribution in [0.25, 0.3) is 0 Å². The maximum absolute atomic E-state index is 10.0. The molecule has 1 aliphatic carbocycles. The summed E-state index contributed by atoms with van der Waals surface area (Å²) in [7, 11) is 0. The molecular formula is C21H34O. The van der Waals surface area contributed by atoms with Gasteiger partial charge in [0.15, 0.2) is 0 Å². The van der Waals surface area contributed by atoms with E-state index in [9.17, 15) is 5.11 Å². The van der Waals surface area contributed by atoms with Crippen molar-refractivity contribution >= 4 is 0 Å². The molecule has 1 nitrogen and oxygen atoms in total. The van der Waals surface area contributed by atoms with E-state index >= 15 is 0 Å². The van der Waals surface area contributed by atoms with E-state index in [1.54, 1.807) is 11.1 Å². The molecule has 0 aromatic heterocycles. The zero-order valence-electron chi connectivity index (χ0n) is 15.4. The lowest BCUT2D eigenvalue weighted by atomic mass is 9.71. The monoisotopic (exact) mass is 302 g/mol. The molecule has 0 bridgehead atoms. The van der Waals surface area contributed by atoms with E-state index in [0.717, 1.165) is 18.4 Å². The molecule has 1 unspecified atom stereocenters. The van der Waals surface area contributed by atoms with Crippen LogP contribution in [0.5, 0.6) is 0 Å². The highest BCUT2D eigenvalue weighted by molar-refractivity contribution is 5.28. The first kappa shape index (κ1) is 19.0. The molecule has 0 aliphatic heterocycles. The lowest BCUT2D eigenvalue weighted by molar-refractivity contribution is 0.258. The molecule has 0 saturated heterocycles. The molecule has 1 atom stereocenters. The van der Waals surface area contributed by atoms with Gasteiger partial charge in [0.2, 0.25) is 0 Å². The predicted molar refractivity (Wildman–Crippen MR) is 97.9 cm³/mol. The van der Waals surface area contributed by atoms with Crippen molar-refractivity contribution in [3.8, 4) is 0 Å². The van der Waals surface area contributed by atoms with Crippen molar-refractivity contribution < 1.29 is 5.11 Å². The zero-order chi connectivity index (χ0) is 16.8. The van der Waals surface area contributed by atoms with Crippen molar-refractivity contribution in [1.82, 2.24) is 0 Å². The molecule has 0 spiro atoms. The van der Waals surface area contributed by atoms with E-state index in [0.29, 0.717) is 5.41 Å². The standard InChI is InChI=1S/C21H34O/c1-7-9-18(4)20(22)14-12-16(2)11-13-19-17(3)10-8-15-21(19,5)6/h9,11-12,14,20,22H,7-8,10,13,15H2,1-6H3/b14-12+,16-11+,18-9+. The van der Waals surface area contributed by atoms with Crippen molar-refractivity contribution in [2.75, 3.05) is 0 Å². The van der Waals surface area contributed by atoms with Crippen molar-refractivity contribution in [2.24, 2.45) is 5.41 Å². The Morgan fingerprint density at radius 2 is 1.95 bits per heavy atom. The smallest absolute Gasteiger partial charge is 0.0932 e. The Kier molecular flexibility index (Phi) is 7.35. The minimum absolute atomic E-state index is 0.336. The summed E-state index contributed by atoms with van der Waals surface area (Å²) in [6, 6.07) is 0.